The summed E-state index contributed by atoms with van der Waals surface area (Å²) in [7, 11) is 1.66. The zero-order valence-corrected chi connectivity index (χ0v) is 22.4. The summed E-state index contributed by atoms with van der Waals surface area (Å²) in [6.45, 7) is 4.17. The van der Waals surface area contributed by atoms with E-state index in [2.05, 4.69) is 35.2 Å². The minimum atomic E-state index is -1.23. The molecular weight excluding hydrogens is 494 g/mol. The van der Waals surface area contributed by atoms with Gasteiger partial charge in [0.2, 0.25) is 5.91 Å². The minimum absolute atomic E-state index is 0.141. The number of methoxy groups -OCH3 is 1. The van der Waals surface area contributed by atoms with Crippen molar-refractivity contribution in [1.29, 1.82) is 5.26 Å². The maximum absolute atomic E-state index is 13.9. The van der Waals surface area contributed by atoms with E-state index < -0.39 is 5.41 Å². The zero-order valence-electron chi connectivity index (χ0n) is 21.7. The Hall–Kier alpha value is -4.01. The Morgan fingerprint density at radius 1 is 0.921 bits per heavy atom. The van der Waals surface area contributed by atoms with Crippen molar-refractivity contribution in [2.24, 2.45) is 5.41 Å². The molecule has 0 spiro atoms. The SMILES string of the molecule is COc1ccccc1-c1ccc2ccccc2c1C[C@@](C)(C#N)C(=O)N1CCN(c2ccccc2Cl)CC1. The van der Waals surface area contributed by atoms with Crippen LogP contribution in [-0.4, -0.2) is 44.1 Å². The summed E-state index contributed by atoms with van der Waals surface area (Å²) in [6, 6.07) is 30.3. The van der Waals surface area contributed by atoms with Crippen LogP contribution in [0.4, 0.5) is 5.69 Å². The van der Waals surface area contributed by atoms with E-state index in [-0.39, 0.29) is 5.91 Å². The molecule has 1 amide bonds. The summed E-state index contributed by atoms with van der Waals surface area (Å²) in [6.07, 6.45) is 0.293. The number of piperazine rings is 1. The number of halogens is 1. The van der Waals surface area contributed by atoms with Crippen LogP contribution in [0.1, 0.15) is 12.5 Å². The Bertz CT molecular complexity index is 1520. The van der Waals surface area contributed by atoms with E-state index in [4.69, 9.17) is 16.3 Å². The van der Waals surface area contributed by atoms with Crippen molar-refractivity contribution in [1.82, 2.24) is 4.90 Å². The van der Waals surface area contributed by atoms with Crippen LogP contribution < -0.4 is 9.64 Å². The molecule has 0 aromatic heterocycles. The number of ether oxygens (including phenoxy) is 1. The second-order valence-corrected chi connectivity index (χ2v) is 10.3. The molecule has 5 rings (SSSR count). The predicted octanol–water partition coefficient (Wildman–Crippen LogP) is 6.59. The molecule has 1 fully saturated rings. The molecule has 0 radical (unpaired) electrons. The third-order valence-electron chi connectivity index (χ3n) is 7.45. The maximum atomic E-state index is 13.9. The lowest BCUT2D eigenvalue weighted by Crippen LogP contribution is -2.53. The number of nitrogens with zero attached hydrogens (tertiary/aromatic N) is 3. The quantitative estimate of drug-likeness (QED) is 0.286. The van der Waals surface area contributed by atoms with E-state index >= 15 is 0 Å². The van der Waals surface area contributed by atoms with Gasteiger partial charge in [0, 0.05) is 38.2 Å². The van der Waals surface area contributed by atoms with Crippen molar-refractivity contribution in [3.05, 3.63) is 95.5 Å². The maximum Gasteiger partial charge on any atom is 0.243 e. The molecule has 1 saturated heterocycles. The predicted molar refractivity (Wildman–Crippen MR) is 154 cm³/mol. The van der Waals surface area contributed by atoms with E-state index in [1.54, 1.807) is 14.0 Å². The number of anilines is 1. The van der Waals surface area contributed by atoms with Gasteiger partial charge in [-0.15, -0.1) is 0 Å². The third-order valence-corrected chi connectivity index (χ3v) is 7.77. The van der Waals surface area contributed by atoms with E-state index in [1.165, 1.54) is 0 Å². The fourth-order valence-electron chi connectivity index (χ4n) is 5.37. The smallest absolute Gasteiger partial charge is 0.243 e. The highest BCUT2D eigenvalue weighted by atomic mass is 35.5. The Balaban J connectivity index is 1.47. The number of rotatable bonds is 6. The number of amides is 1. The normalized spacial score (nSPS) is 15.1. The topological polar surface area (TPSA) is 56.6 Å². The molecule has 0 bridgehead atoms. The number of benzene rings is 4. The zero-order chi connectivity index (χ0) is 26.7. The molecule has 0 saturated carbocycles. The lowest BCUT2D eigenvalue weighted by atomic mass is 9.79. The molecule has 5 nitrogen and oxygen atoms in total. The van der Waals surface area contributed by atoms with E-state index in [0.717, 1.165) is 38.9 Å². The number of carbonyl (C=O) groups excluding carboxylic acids is 1. The van der Waals surface area contributed by atoms with Gasteiger partial charge in [-0.25, -0.2) is 0 Å². The van der Waals surface area contributed by atoms with Crippen LogP contribution in [0.2, 0.25) is 5.02 Å². The highest BCUT2D eigenvalue weighted by molar-refractivity contribution is 6.33. The van der Waals surface area contributed by atoms with Crippen molar-refractivity contribution in [3.63, 3.8) is 0 Å². The highest BCUT2D eigenvalue weighted by Crippen LogP contribution is 2.39. The first kappa shape index (κ1) is 25.6. The van der Waals surface area contributed by atoms with Crippen LogP contribution >= 0.6 is 11.6 Å². The molecule has 0 aliphatic carbocycles. The molecule has 192 valence electrons. The molecule has 4 aromatic carbocycles. The van der Waals surface area contributed by atoms with Crippen LogP contribution in [0.5, 0.6) is 5.75 Å². The molecular formula is C32H30ClN3O2. The lowest BCUT2D eigenvalue weighted by Gasteiger charge is -2.39. The van der Waals surface area contributed by atoms with E-state index in [9.17, 15) is 10.1 Å². The molecule has 1 aliphatic heterocycles. The molecule has 1 aliphatic rings. The van der Waals surface area contributed by atoms with Gasteiger partial charge in [0.15, 0.2) is 0 Å². The average molecular weight is 524 g/mol. The average Bonchev–Trinajstić information content (AvgIpc) is 2.97. The van der Waals surface area contributed by atoms with Crippen molar-refractivity contribution >= 4 is 34.0 Å². The van der Waals surface area contributed by atoms with Crippen molar-refractivity contribution in [2.45, 2.75) is 13.3 Å². The molecule has 6 heteroatoms. The van der Waals surface area contributed by atoms with Gasteiger partial charge in [-0.05, 0) is 47.0 Å². The second kappa shape index (κ2) is 10.8. The van der Waals surface area contributed by atoms with Gasteiger partial charge < -0.3 is 14.5 Å². The van der Waals surface area contributed by atoms with Crippen LogP contribution in [0, 0.1) is 16.7 Å². The molecule has 0 N–H and O–H groups in total. The minimum Gasteiger partial charge on any atom is -0.496 e. The van der Waals surface area contributed by atoms with Gasteiger partial charge in [-0.1, -0.05) is 78.3 Å². The van der Waals surface area contributed by atoms with Crippen LogP contribution in [0.25, 0.3) is 21.9 Å². The number of hydrogen-bond acceptors (Lipinski definition) is 4. The Morgan fingerprint density at radius 3 is 2.34 bits per heavy atom. The summed E-state index contributed by atoms with van der Waals surface area (Å²) in [5, 5.41) is 13.2. The number of hydrogen-bond donors (Lipinski definition) is 0. The van der Waals surface area contributed by atoms with E-state index in [1.807, 2.05) is 65.6 Å². The summed E-state index contributed by atoms with van der Waals surface area (Å²) in [4.78, 5) is 17.9. The third kappa shape index (κ3) is 4.80. The van der Waals surface area contributed by atoms with Crippen LogP contribution in [-0.2, 0) is 11.2 Å². The first-order valence-electron chi connectivity index (χ1n) is 12.8. The molecule has 0 unspecified atom stereocenters. The van der Waals surface area contributed by atoms with Gasteiger partial charge in [-0.2, -0.15) is 5.26 Å². The standard InChI is InChI=1S/C32H30ClN3O2/c1-32(22-34,31(37)36-19-17-35(18-20-36)29-13-7-6-12-28(29)33)21-27-24-10-4-3-9-23(24)15-16-25(27)26-11-5-8-14-30(26)38-2/h3-16H,17-21H2,1-2H3/t32-/m0/s1. The van der Waals surface area contributed by atoms with Gasteiger partial charge in [0.25, 0.3) is 0 Å². The first-order valence-corrected chi connectivity index (χ1v) is 13.2. The van der Waals surface area contributed by atoms with Crippen molar-refractivity contribution in [3.8, 4) is 22.9 Å². The second-order valence-electron chi connectivity index (χ2n) is 9.86. The van der Waals surface area contributed by atoms with Gasteiger partial charge in [-0.3, -0.25) is 4.79 Å². The van der Waals surface area contributed by atoms with Gasteiger partial charge in [0.05, 0.1) is 23.9 Å². The summed E-state index contributed by atoms with van der Waals surface area (Å²) < 4.78 is 5.67. The molecule has 1 atom stereocenters. The van der Waals surface area contributed by atoms with Crippen molar-refractivity contribution in [2.75, 3.05) is 38.2 Å². The van der Waals surface area contributed by atoms with Crippen molar-refractivity contribution < 1.29 is 9.53 Å². The fourth-order valence-corrected chi connectivity index (χ4v) is 5.63. The molecule has 4 aromatic rings. The monoisotopic (exact) mass is 523 g/mol. The Kier molecular flexibility index (Phi) is 7.26. The summed E-state index contributed by atoms with van der Waals surface area (Å²) >= 11 is 6.40. The largest absolute Gasteiger partial charge is 0.496 e. The van der Waals surface area contributed by atoms with Gasteiger partial charge in [0.1, 0.15) is 11.2 Å². The van der Waals surface area contributed by atoms with Crippen LogP contribution in [0.15, 0.2) is 84.9 Å². The Morgan fingerprint density at radius 2 is 1.61 bits per heavy atom. The Labute approximate surface area is 228 Å². The number of fused-ring (bicyclic) bond motifs is 1. The summed E-state index contributed by atoms with van der Waals surface area (Å²) in [5.74, 6) is 0.613. The van der Waals surface area contributed by atoms with Gasteiger partial charge >= 0.3 is 0 Å². The number of para-hydroxylation sites is 2. The lowest BCUT2D eigenvalue weighted by molar-refractivity contribution is -0.138. The van der Waals surface area contributed by atoms with Crippen LogP contribution in [0.3, 0.4) is 0 Å². The number of carbonyl (C=O) groups is 1. The van der Waals surface area contributed by atoms with E-state index in [0.29, 0.717) is 37.6 Å². The molecule has 1 heterocycles. The fraction of sp³-hybridized carbons (Fsp3) is 0.250. The first-order chi connectivity index (χ1) is 18.4. The highest BCUT2D eigenvalue weighted by Gasteiger charge is 2.39. The summed E-state index contributed by atoms with van der Waals surface area (Å²) in [5.41, 5.74) is 2.63. The molecule has 38 heavy (non-hydrogen) atoms. The number of nitriles is 1.